The topological polar surface area (TPSA) is 67.4 Å². The van der Waals surface area contributed by atoms with Gasteiger partial charge in [0, 0.05) is 18.3 Å². The van der Waals surface area contributed by atoms with Crippen molar-refractivity contribution in [2.24, 2.45) is 0 Å². The number of carbonyl (C=O) groups is 2. The highest BCUT2D eigenvalue weighted by molar-refractivity contribution is 5.95. The van der Waals surface area contributed by atoms with Gasteiger partial charge in [-0.05, 0) is 43.7 Å². The van der Waals surface area contributed by atoms with Crippen LogP contribution in [0.25, 0.3) is 0 Å². The SMILES string of the molecule is CC(=O)Nc1cccc(NC(=O)[C@H](C)Oc2ccccc2C)c1. The fraction of sp³-hybridized carbons (Fsp3) is 0.222. The van der Waals surface area contributed by atoms with E-state index in [9.17, 15) is 9.59 Å². The van der Waals surface area contributed by atoms with Crippen molar-refractivity contribution in [3.8, 4) is 5.75 Å². The smallest absolute Gasteiger partial charge is 0.265 e. The van der Waals surface area contributed by atoms with Gasteiger partial charge < -0.3 is 15.4 Å². The molecule has 1 atom stereocenters. The largest absolute Gasteiger partial charge is 0.481 e. The molecule has 0 bridgehead atoms. The molecule has 2 rings (SSSR count). The Labute approximate surface area is 135 Å². The number of hydrogen-bond acceptors (Lipinski definition) is 3. The van der Waals surface area contributed by atoms with Crippen LogP contribution >= 0.6 is 0 Å². The van der Waals surface area contributed by atoms with E-state index in [1.807, 2.05) is 31.2 Å². The number of rotatable bonds is 5. The van der Waals surface area contributed by atoms with Gasteiger partial charge in [0.05, 0.1) is 0 Å². The lowest BCUT2D eigenvalue weighted by Gasteiger charge is -2.16. The number of anilines is 2. The molecule has 0 aliphatic heterocycles. The first-order chi connectivity index (χ1) is 11.0. The van der Waals surface area contributed by atoms with Crippen LogP contribution in [0.3, 0.4) is 0 Å². The normalized spacial score (nSPS) is 11.4. The van der Waals surface area contributed by atoms with Gasteiger partial charge in [-0.15, -0.1) is 0 Å². The van der Waals surface area contributed by atoms with E-state index in [0.29, 0.717) is 17.1 Å². The highest BCUT2D eigenvalue weighted by Crippen LogP contribution is 2.19. The maximum absolute atomic E-state index is 12.2. The number of carbonyl (C=O) groups excluding carboxylic acids is 2. The third-order valence-corrected chi connectivity index (χ3v) is 3.22. The van der Waals surface area contributed by atoms with Crippen LogP contribution in [0.1, 0.15) is 19.4 Å². The van der Waals surface area contributed by atoms with Gasteiger partial charge in [-0.1, -0.05) is 24.3 Å². The number of amides is 2. The van der Waals surface area contributed by atoms with Crippen molar-refractivity contribution in [1.29, 1.82) is 0 Å². The van der Waals surface area contributed by atoms with Gasteiger partial charge in [0.15, 0.2) is 6.10 Å². The van der Waals surface area contributed by atoms with E-state index < -0.39 is 6.10 Å². The Kier molecular flexibility index (Phi) is 5.36. The molecule has 2 N–H and O–H groups in total. The van der Waals surface area contributed by atoms with Gasteiger partial charge in [0.1, 0.15) is 5.75 Å². The summed E-state index contributed by atoms with van der Waals surface area (Å²) in [4.78, 5) is 23.3. The van der Waals surface area contributed by atoms with Gasteiger partial charge in [-0.25, -0.2) is 0 Å². The van der Waals surface area contributed by atoms with Crippen LogP contribution in [0.15, 0.2) is 48.5 Å². The lowest BCUT2D eigenvalue weighted by Crippen LogP contribution is -2.30. The van der Waals surface area contributed by atoms with E-state index in [4.69, 9.17) is 4.74 Å². The van der Waals surface area contributed by atoms with Gasteiger partial charge in [0.25, 0.3) is 5.91 Å². The molecule has 0 heterocycles. The molecule has 5 heteroatoms. The molecule has 23 heavy (non-hydrogen) atoms. The Morgan fingerprint density at radius 3 is 2.30 bits per heavy atom. The summed E-state index contributed by atoms with van der Waals surface area (Å²) in [7, 11) is 0. The zero-order chi connectivity index (χ0) is 16.8. The fourth-order valence-electron chi connectivity index (χ4n) is 2.05. The molecule has 0 saturated heterocycles. The van der Waals surface area contributed by atoms with Crippen molar-refractivity contribution in [3.05, 3.63) is 54.1 Å². The van der Waals surface area contributed by atoms with Crippen LogP contribution < -0.4 is 15.4 Å². The summed E-state index contributed by atoms with van der Waals surface area (Å²) in [5.41, 5.74) is 2.20. The first kappa shape index (κ1) is 16.5. The van der Waals surface area contributed by atoms with Gasteiger partial charge in [0.2, 0.25) is 5.91 Å². The Hall–Kier alpha value is -2.82. The number of ether oxygens (including phenoxy) is 1. The molecule has 2 aromatic rings. The highest BCUT2D eigenvalue weighted by Gasteiger charge is 2.15. The summed E-state index contributed by atoms with van der Waals surface area (Å²) in [6.45, 7) is 5.06. The van der Waals surface area contributed by atoms with Gasteiger partial charge >= 0.3 is 0 Å². The lowest BCUT2D eigenvalue weighted by atomic mass is 10.2. The molecule has 0 saturated carbocycles. The predicted molar refractivity (Wildman–Crippen MR) is 90.6 cm³/mol. The van der Waals surface area contributed by atoms with Gasteiger partial charge in [-0.2, -0.15) is 0 Å². The summed E-state index contributed by atoms with van der Waals surface area (Å²) in [6.07, 6.45) is -0.638. The molecule has 0 aliphatic carbocycles. The molecular weight excluding hydrogens is 292 g/mol. The van der Waals surface area contributed by atoms with Crippen LogP contribution in [-0.4, -0.2) is 17.9 Å². The Bertz CT molecular complexity index is 713. The third-order valence-electron chi connectivity index (χ3n) is 3.22. The van der Waals surface area contributed by atoms with Crippen LogP contribution in [0.4, 0.5) is 11.4 Å². The number of para-hydroxylation sites is 1. The standard InChI is InChI=1S/C18H20N2O3/c1-12-7-4-5-10-17(12)23-13(2)18(22)20-16-9-6-8-15(11-16)19-14(3)21/h4-11,13H,1-3H3,(H,19,21)(H,20,22)/t13-/m0/s1. The van der Waals surface area contributed by atoms with E-state index in [1.54, 1.807) is 31.2 Å². The van der Waals surface area contributed by atoms with E-state index in [-0.39, 0.29) is 11.8 Å². The Balaban J connectivity index is 2.01. The second kappa shape index (κ2) is 7.45. The highest BCUT2D eigenvalue weighted by atomic mass is 16.5. The second-order valence-corrected chi connectivity index (χ2v) is 5.28. The number of hydrogen-bond donors (Lipinski definition) is 2. The fourth-order valence-corrected chi connectivity index (χ4v) is 2.05. The van der Waals surface area contributed by atoms with Gasteiger partial charge in [-0.3, -0.25) is 9.59 Å². The molecule has 0 fully saturated rings. The first-order valence-electron chi connectivity index (χ1n) is 7.36. The summed E-state index contributed by atoms with van der Waals surface area (Å²) in [5.74, 6) is 0.264. The van der Waals surface area contributed by atoms with Crippen molar-refractivity contribution in [2.75, 3.05) is 10.6 Å². The second-order valence-electron chi connectivity index (χ2n) is 5.28. The molecule has 120 valence electrons. The van der Waals surface area contributed by atoms with E-state index >= 15 is 0 Å². The molecule has 0 spiro atoms. The van der Waals surface area contributed by atoms with E-state index in [1.165, 1.54) is 6.92 Å². The van der Waals surface area contributed by atoms with Crippen LogP contribution in [0.2, 0.25) is 0 Å². The Morgan fingerprint density at radius 2 is 1.65 bits per heavy atom. The predicted octanol–water partition coefficient (Wildman–Crippen LogP) is 3.36. The minimum Gasteiger partial charge on any atom is -0.481 e. The molecule has 2 aromatic carbocycles. The summed E-state index contributed by atoms with van der Waals surface area (Å²) in [6, 6.07) is 14.5. The maximum atomic E-state index is 12.2. The number of nitrogens with one attached hydrogen (secondary N) is 2. The number of aryl methyl sites for hydroxylation is 1. The minimum atomic E-state index is -0.638. The maximum Gasteiger partial charge on any atom is 0.265 e. The summed E-state index contributed by atoms with van der Waals surface area (Å²) >= 11 is 0. The van der Waals surface area contributed by atoms with Crippen molar-refractivity contribution in [1.82, 2.24) is 0 Å². The van der Waals surface area contributed by atoms with Crippen molar-refractivity contribution >= 4 is 23.2 Å². The van der Waals surface area contributed by atoms with E-state index in [2.05, 4.69) is 10.6 Å². The summed E-state index contributed by atoms with van der Waals surface area (Å²) < 4.78 is 5.69. The van der Waals surface area contributed by atoms with E-state index in [0.717, 1.165) is 5.56 Å². The molecular formula is C18H20N2O3. The first-order valence-corrected chi connectivity index (χ1v) is 7.36. The zero-order valence-corrected chi connectivity index (χ0v) is 13.4. The average molecular weight is 312 g/mol. The molecule has 0 radical (unpaired) electrons. The monoisotopic (exact) mass is 312 g/mol. The molecule has 2 amide bonds. The van der Waals surface area contributed by atoms with Crippen molar-refractivity contribution in [3.63, 3.8) is 0 Å². The molecule has 5 nitrogen and oxygen atoms in total. The van der Waals surface area contributed by atoms with Crippen LogP contribution in [0, 0.1) is 6.92 Å². The Morgan fingerprint density at radius 1 is 1.00 bits per heavy atom. The summed E-state index contributed by atoms with van der Waals surface area (Å²) in [5, 5.41) is 5.45. The van der Waals surface area contributed by atoms with Crippen LogP contribution in [-0.2, 0) is 9.59 Å². The van der Waals surface area contributed by atoms with Crippen LogP contribution in [0.5, 0.6) is 5.75 Å². The molecule has 0 unspecified atom stereocenters. The average Bonchev–Trinajstić information content (AvgIpc) is 2.49. The zero-order valence-electron chi connectivity index (χ0n) is 13.4. The van der Waals surface area contributed by atoms with Crippen molar-refractivity contribution in [2.45, 2.75) is 26.9 Å². The molecule has 0 aliphatic rings. The third kappa shape index (κ3) is 4.85. The van der Waals surface area contributed by atoms with Crippen molar-refractivity contribution < 1.29 is 14.3 Å². The minimum absolute atomic E-state index is 0.162. The lowest BCUT2D eigenvalue weighted by molar-refractivity contribution is -0.122. The molecule has 0 aromatic heterocycles. The number of benzene rings is 2. The quantitative estimate of drug-likeness (QED) is 0.889.